The van der Waals surface area contributed by atoms with Gasteiger partial charge in [0.05, 0.1) is 16.6 Å². The summed E-state index contributed by atoms with van der Waals surface area (Å²) in [6.45, 7) is 2.32. The van der Waals surface area contributed by atoms with E-state index in [0.717, 1.165) is 55.7 Å². The van der Waals surface area contributed by atoms with Crippen molar-refractivity contribution in [2.24, 2.45) is 17.3 Å². The van der Waals surface area contributed by atoms with Gasteiger partial charge in [0.2, 0.25) is 0 Å². The molecule has 0 spiro atoms. The molecule has 3 nitrogen and oxygen atoms in total. The van der Waals surface area contributed by atoms with E-state index in [-0.39, 0.29) is 17.4 Å². The summed E-state index contributed by atoms with van der Waals surface area (Å²) in [5, 5.41) is 25.2. The summed E-state index contributed by atoms with van der Waals surface area (Å²) in [6.07, 6.45) is 12.7. The molecule has 1 aromatic carbocycles. The normalized spacial score (nSPS) is 40.3. The highest BCUT2D eigenvalue weighted by Gasteiger charge is 2.64. The van der Waals surface area contributed by atoms with Gasteiger partial charge in [0.25, 0.3) is 0 Å². The van der Waals surface area contributed by atoms with Crippen molar-refractivity contribution in [3.63, 3.8) is 0 Å². The van der Waals surface area contributed by atoms with Gasteiger partial charge in [-0.15, -0.1) is 11.6 Å². The second-order valence-corrected chi connectivity index (χ2v) is 12.1. The van der Waals surface area contributed by atoms with Crippen LogP contribution in [0.2, 0.25) is 5.15 Å². The van der Waals surface area contributed by atoms with E-state index in [2.05, 4.69) is 42.3 Å². The number of halogens is 2. The Labute approximate surface area is 205 Å². The molecule has 0 aliphatic heterocycles. The minimum Gasteiger partial charge on any atom is -0.393 e. The molecule has 5 heteroatoms. The first-order valence-electron chi connectivity index (χ1n) is 12.3. The predicted octanol–water partition coefficient (Wildman–Crippen LogP) is 6.68. The van der Waals surface area contributed by atoms with Crippen molar-refractivity contribution in [3.8, 4) is 0 Å². The van der Waals surface area contributed by atoms with Crippen molar-refractivity contribution < 1.29 is 10.2 Å². The highest BCUT2D eigenvalue weighted by Crippen LogP contribution is 2.65. The lowest BCUT2D eigenvalue weighted by Gasteiger charge is -2.56. The van der Waals surface area contributed by atoms with Crippen molar-refractivity contribution in [1.29, 1.82) is 0 Å². The van der Waals surface area contributed by atoms with E-state index < -0.39 is 10.5 Å². The van der Waals surface area contributed by atoms with Gasteiger partial charge in [-0.1, -0.05) is 48.4 Å². The summed E-state index contributed by atoms with van der Waals surface area (Å²) in [7, 11) is 0. The van der Waals surface area contributed by atoms with Crippen LogP contribution in [0.5, 0.6) is 0 Å². The number of allylic oxidation sites excluding steroid dienone is 2. The average molecular weight is 484 g/mol. The summed E-state index contributed by atoms with van der Waals surface area (Å²) < 4.78 is 0. The summed E-state index contributed by atoms with van der Waals surface area (Å²) in [6, 6.07) is 8.42. The lowest BCUT2D eigenvalue weighted by atomic mass is 9.54. The molecule has 4 aliphatic rings. The Bertz CT molecular complexity index is 1190. The van der Waals surface area contributed by atoms with Gasteiger partial charge in [-0.25, -0.2) is 4.98 Å². The number of hydrogen-bond acceptors (Lipinski definition) is 3. The molecule has 6 atom stereocenters. The zero-order valence-corrected chi connectivity index (χ0v) is 20.5. The molecule has 2 fully saturated rings. The van der Waals surface area contributed by atoms with E-state index in [4.69, 9.17) is 23.2 Å². The van der Waals surface area contributed by atoms with Gasteiger partial charge in [-0.2, -0.15) is 0 Å². The van der Waals surface area contributed by atoms with E-state index in [0.29, 0.717) is 17.5 Å². The zero-order valence-electron chi connectivity index (χ0n) is 19.0. The van der Waals surface area contributed by atoms with Gasteiger partial charge in [0.15, 0.2) is 0 Å². The molecule has 2 saturated carbocycles. The lowest BCUT2D eigenvalue weighted by molar-refractivity contribution is -0.106. The Balaban J connectivity index is 1.38. The van der Waals surface area contributed by atoms with Crippen molar-refractivity contribution in [2.75, 3.05) is 0 Å². The number of hydrogen-bond donors (Lipinski definition) is 2. The smallest absolute Gasteiger partial charge is 0.136 e. The zero-order chi connectivity index (χ0) is 23.0. The average Bonchev–Trinajstić information content (AvgIpc) is 3.09. The number of nitrogens with zero attached hydrogens (tertiary/aromatic N) is 1. The number of aliphatic hydroxyl groups excluding tert-OH is 1. The van der Waals surface area contributed by atoms with Crippen LogP contribution in [0.25, 0.3) is 16.3 Å². The fourth-order valence-corrected chi connectivity index (χ4v) is 8.23. The standard InChI is InChI=1S/C28H31Cl2NO2/c1-26-11-12-27(30)16-20-15-21(32)4-2-17(20)8-10-28(27,33)24(26)7-6-23(26)19-3-5-22-18(14-19)9-13-31-25(22)29/h3,5-6,9,13-14,16-17,21,24,32-33H,2,4,7-8,10-12,15H2,1H3/t17?,21?,24?,26?,27?,28-/m0/s1. The summed E-state index contributed by atoms with van der Waals surface area (Å²) in [4.78, 5) is 3.44. The number of aromatic nitrogens is 1. The fourth-order valence-electron chi connectivity index (χ4n) is 7.55. The molecular formula is C28H31Cl2NO2. The van der Waals surface area contributed by atoms with Crippen LogP contribution in [0.15, 0.2) is 48.2 Å². The maximum absolute atomic E-state index is 12.4. The van der Waals surface area contributed by atoms with Gasteiger partial charge in [0, 0.05) is 17.5 Å². The molecule has 4 aliphatic carbocycles. The van der Waals surface area contributed by atoms with Crippen molar-refractivity contribution in [1.82, 2.24) is 4.98 Å². The van der Waals surface area contributed by atoms with Crippen LogP contribution in [0.3, 0.4) is 0 Å². The van der Waals surface area contributed by atoms with E-state index in [1.54, 1.807) is 6.20 Å². The fraction of sp³-hybridized carbons (Fsp3) is 0.536. The van der Waals surface area contributed by atoms with Crippen molar-refractivity contribution >= 4 is 39.5 Å². The number of aliphatic hydroxyl groups is 2. The van der Waals surface area contributed by atoms with Crippen LogP contribution in [0.4, 0.5) is 0 Å². The second kappa shape index (κ2) is 7.55. The maximum Gasteiger partial charge on any atom is 0.136 e. The maximum atomic E-state index is 12.4. The predicted molar refractivity (Wildman–Crippen MR) is 134 cm³/mol. The molecule has 2 aromatic rings. The number of alkyl halides is 1. The van der Waals surface area contributed by atoms with E-state index >= 15 is 0 Å². The number of benzene rings is 1. The topological polar surface area (TPSA) is 53.4 Å². The monoisotopic (exact) mass is 483 g/mol. The Morgan fingerprint density at radius 2 is 1.94 bits per heavy atom. The van der Waals surface area contributed by atoms with E-state index in [1.807, 2.05) is 6.07 Å². The first-order valence-corrected chi connectivity index (χ1v) is 13.1. The van der Waals surface area contributed by atoms with Crippen LogP contribution in [0, 0.1) is 17.3 Å². The Morgan fingerprint density at radius 1 is 1.09 bits per heavy atom. The van der Waals surface area contributed by atoms with Gasteiger partial charge < -0.3 is 10.2 Å². The summed E-state index contributed by atoms with van der Waals surface area (Å²) >= 11 is 13.7. The number of fused-ring (bicyclic) bond motifs is 5. The quantitative estimate of drug-likeness (QED) is 0.270. The Kier molecular flexibility index (Phi) is 5.06. The number of pyridine rings is 1. The van der Waals surface area contributed by atoms with Crippen molar-refractivity contribution in [2.45, 2.75) is 74.9 Å². The molecule has 1 heterocycles. The van der Waals surface area contributed by atoms with Crippen LogP contribution in [-0.4, -0.2) is 31.8 Å². The SMILES string of the molecule is CC12CCC3(Cl)C=C4CC(O)CCC4CC[C@]3(O)C1CC=C2c1ccc2c(Cl)nccc2c1. The first-order chi connectivity index (χ1) is 15.7. The molecule has 174 valence electrons. The third-order valence-electron chi connectivity index (χ3n) is 9.41. The van der Waals surface area contributed by atoms with Gasteiger partial charge in [-0.3, -0.25) is 0 Å². The Hall–Kier alpha value is -1.39. The van der Waals surface area contributed by atoms with E-state index in [1.165, 1.54) is 16.7 Å². The highest BCUT2D eigenvalue weighted by molar-refractivity contribution is 6.34. The van der Waals surface area contributed by atoms with Crippen LogP contribution < -0.4 is 0 Å². The van der Waals surface area contributed by atoms with Crippen LogP contribution in [-0.2, 0) is 0 Å². The van der Waals surface area contributed by atoms with Gasteiger partial charge >= 0.3 is 0 Å². The molecule has 0 amide bonds. The molecule has 0 bridgehead atoms. The van der Waals surface area contributed by atoms with Gasteiger partial charge in [0.1, 0.15) is 5.15 Å². The van der Waals surface area contributed by atoms with E-state index in [9.17, 15) is 10.2 Å². The summed E-state index contributed by atoms with van der Waals surface area (Å²) in [5.41, 5.74) is 2.70. The van der Waals surface area contributed by atoms with Gasteiger partial charge in [-0.05, 0) is 91.4 Å². The minimum absolute atomic E-state index is 0.0740. The molecule has 33 heavy (non-hydrogen) atoms. The number of rotatable bonds is 1. The molecule has 0 radical (unpaired) electrons. The molecule has 1 aromatic heterocycles. The third kappa shape index (κ3) is 3.19. The molecule has 0 saturated heterocycles. The van der Waals surface area contributed by atoms with Crippen molar-refractivity contribution in [3.05, 3.63) is 58.9 Å². The third-order valence-corrected chi connectivity index (χ3v) is 10.3. The first kappa shape index (κ1) is 22.1. The molecular weight excluding hydrogens is 453 g/mol. The minimum atomic E-state index is -0.959. The lowest BCUT2D eigenvalue weighted by Crippen LogP contribution is -2.61. The molecule has 6 rings (SSSR count). The van der Waals surface area contributed by atoms with Crippen LogP contribution in [0.1, 0.15) is 63.9 Å². The molecule has 2 N–H and O–H groups in total. The highest BCUT2D eigenvalue weighted by atomic mass is 35.5. The largest absolute Gasteiger partial charge is 0.393 e. The second-order valence-electron chi connectivity index (χ2n) is 11.0. The van der Waals surface area contributed by atoms with Crippen LogP contribution >= 0.6 is 23.2 Å². The molecule has 5 unspecified atom stereocenters. The summed E-state index contributed by atoms with van der Waals surface area (Å²) in [5.74, 6) is 0.516. The Morgan fingerprint density at radius 3 is 2.79 bits per heavy atom.